The van der Waals surface area contributed by atoms with E-state index in [9.17, 15) is 9.59 Å². The standard InChI is InChI=1S/C18H26N4O3/c1-11(2)25-10-16(24)22-8-6-5-7-14(22)17-19-12(3)13-9-15(23)21(4)18(13)20-17/h11,14H,5-10H2,1-4H3/t14-/m1/s1. The lowest BCUT2D eigenvalue weighted by Crippen LogP contribution is -2.41. The second-order valence-corrected chi connectivity index (χ2v) is 7.06. The maximum Gasteiger partial charge on any atom is 0.249 e. The number of aryl methyl sites for hydroxylation is 1. The molecule has 0 unspecified atom stereocenters. The minimum absolute atomic E-state index is 0.0188. The Hall–Kier alpha value is -2.02. The minimum atomic E-state index is -0.148. The normalized spacial score (nSPS) is 20.4. The number of rotatable bonds is 4. The minimum Gasteiger partial charge on any atom is -0.369 e. The Kier molecular flexibility index (Phi) is 5.03. The van der Waals surface area contributed by atoms with Gasteiger partial charge in [-0.2, -0.15) is 0 Å². The van der Waals surface area contributed by atoms with Gasteiger partial charge in [-0.3, -0.25) is 14.5 Å². The molecular formula is C18H26N4O3. The zero-order valence-electron chi connectivity index (χ0n) is 15.4. The molecule has 0 aliphatic carbocycles. The van der Waals surface area contributed by atoms with Gasteiger partial charge in [0.15, 0.2) is 5.82 Å². The van der Waals surface area contributed by atoms with Gasteiger partial charge < -0.3 is 9.64 Å². The molecule has 0 aromatic carbocycles. The van der Waals surface area contributed by atoms with E-state index in [1.807, 2.05) is 25.7 Å². The summed E-state index contributed by atoms with van der Waals surface area (Å²) in [6, 6.07) is -0.148. The quantitative estimate of drug-likeness (QED) is 0.831. The smallest absolute Gasteiger partial charge is 0.249 e. The summed E-state index contributed by atoms with van der Waals surface area (Å²) in [6.45, 7) is 6.52. The third kappa shape index (κ3) is 3.51. The van der Waals surface area contributed by atoms with E-state index < -0.39 is 0 Å². The monoisotopic (exact) mass is 346 g/mol. The van der Waals surface area contributed by atoms with E-state index in [-0.39, 0.29) is 30.6 Å². The number of likely N-dealkylation sites (N-methyl/N-ethyl adjacent to an activating group) is 1. The van der Waals surface area contributed by atoms with Crippen molar-refractivity contribution in [2.45, 2.75) is 58.6 Å². The third-order valence-electron chi connectivity index (χ3n) is 4.89. The number of hydrogen-bond donors (Lipinski definition) is 0. The number of nitrogens with zero attached hydrogens (tertiary/aromatic N) is 4. The molecule has 3 heterocycles. The van der Waals surface area contributed by atoms with Crippen LogP contribution in [-0.4, -0.2) is 53.0 Å². The number of ether oxygens (including phenoxy) is 1. The van der Waals surface area contributed by atoms with Crippen LogP contribution in [0.25, 0.3) is 0 Å². The van der Waals surface area contributed by atoms with Gasteiger partial charge in [-0.15, -0.1) is 0 Å². The summed E-state index contributed by atoms with van der Waals surface area (Å²) in [7, 11) is 1.74. The fourth-order valence-electron chi connectivity index (χ4n) is 3.44. The van der Waals surface area contributed by atoms with Crippen LogP contribution in [0, 0.1) is 6.92 Å². The van der Waals surface area contributed by atoms with Gasteiger partial charge in [-0.25, -0.2) is 9.97 Å². The van der Waals surface area contributed by atoms with Crippen LogP contribution in [0.5, 0.6) is 0 Å². The largest absolute Gasteiger partial charge is 0.369 e. The Morgan fingerprint density at radius 3 is 2.80 bits per heavy atom. The Labute approximate surface area is 148 Å². The first-order valence-electron chi connectivity index (χ1n) is 8.93. The fraction of sp³-hybridized carbons (Fsp3) is 0.667. The van der Waals surface area contributed by atoms with Crippen LogP contribution in [0.1, 0.15) is 56.2 Å². The summed E-state index contributed by atoms with van der Waals surface area (Å²) in [5.74, 6) is 1.33. The summed E-state index contributed by atoms with van der Waals surface area (Å²) in [4.78, 5) is 37.3. The molecule has 3 rings (SSSR count). The van der Waals surface area contributed by atoms with Crippen LogP contribution >= 0.6 is 0 Å². The predicted octanol–water partition coefficient (Wildman–Crippen LogP) is 1.78. The maximum absolute atomic E-state index is 12.6. The van der Waals surface area contributed by atoms with E-state index in [0.717, 1.165) is 30.5 Å². The fourth-order valence-corrected chi connectivity index (χ4v) is 3.44. The van der Waals surface area contributed by atoms with Crippen LogP contribution in [0.2, 0.25) is 0 Å². The maximum atomic E-state index is 12.6. The molecule has 0 bridgehead atoms. The lowest BCUT2D eigenvalue weighted by atomic mass is 10.0. The summed E-state index contributed by atoms with van der Waals surface area (Å²) in [6.07, 6.45) is 3.22. The van der Waals surface area contributed by atoms with Crippen molar-refractivity contribution in [2.24, 2.45) is 0 Å². The third-order valence-corrected chi connectivity index (χ3v) is 4.89. The highest BCUT2D eigenvalue weighted by atomic mass is 16.5. The first-order chi connectivity index (χ1) is 11.9. The van der Waals surface area contributed by atoms with Crippen LogP contribution in [0.4, 0.5) is 5.82 Å². The van der Waals surface area contributed by atoms with Gasteiger partial charge in [0.2, 0.25) is 11.8 Å². The van der Waals surface area contributed by atoms with Crippen LogP contribution in [0.15, 0.2) is 0 Å². The molecule has 1 fully saturated rings. The lowest BCUT2D eigenvalue weighted by Gasteiger charge is -2.35. The van der Waals surface area contributed by atoms with Crippen molar-refractivity contribution in [2.75, 3.05) is 25.1 Å². The molecule has 1 aromatic rings. The van der Waals surface area contributed by atoms with Crippen LogP contribution < -0.4 is 4.90 Å². The summed E-state index contributed by atoms with van der Waals surface area (Å²) >= 11 is 0. The van der Waals surface area contributed by atoms with E-state index in [0.29, 0.717) is 24.6 Å². The van der Waals surface area contributed by atoms with Crippen molar-refractivity contribution < 1.29 is 14.3 Å². The summed E-state index contributed by atoms with van der Waals surface area (Å²) in [5.41, 5.74) is 1.72. The van der Waals surface area contributed by atoms with Crippen molar-refractivity contribution >= 4 is 17.6 Å². The van der Waals surface area contributed by atoms with Gasteiger partial charge in [-0.05, 0) is 40.0 Å². The Bertz CT molecular complexity index is 689. The van der Waals surface area contributed by atoms with Gasteiger partial charge in [0.25, 0.3) is 0 Å². The number of likely N-dealkylation sites (tertiary alicyclic amines) is 1. The number of carbonyl (C=O) groups excluding carboxylic acids is 2. The van der Waals surface area contributed by atoms with Gasteiger partial charge in [0.1, 0.15) is 12.4 Å². The second kappa shape index (κ2) is 7.07. The zero-order chi connectivity index (χ0) is 18.1. The average molecular weight is 346 g/mol. The molecule has 2 amide bonds. The van der Waals surface area contributed by atoms with Crippen LogP contribution in [0.3, 0.4) is 0 Å². The number of anilines is 1. The van der Waals surface area contributed by atoms with Gasteiger partial charge in [0, 0.05) is 24.8 Å². The number of fused-ring (bicyclic) bond motifs is 1. The SMILES string of the molecule is Cc1nc([C@H]2CCCCN2C(=O)COC(C)C)nc2c1CC(=O)N2C. The molecule has 0 saturated carbocycles. The Morgan fingerprint density at radius 2 is 2.08 bits per heavy atom. The van der Waals surface area contributed by atoms with E-state index in [4.69, 9.17) is 4.74 Å². The Morgan fingerprint density at radius 1 is 1.32 bits per heavy atom. The molecular weight excluding hydrogens is 320 g/mol. The summed E-state index contributed by atoms with van der Waals surface area (Å²) in [5, 5.41) is 0. The highest BCUT2D eigenvalue weighted by Gasteiger charge is 2.34. The number of aromatic nitrogens is 2. The Balaban J connectivity index is 1.87. The van der Waals surface area contributed by atoms with Crippen molar-refractivity contribution in [1.82, 2.24) is 14.9 Å². The van der Waals surface area contributed by atoms with Crippen molar-refractivity contribution in [3.63, 3.8) is 0 Å². The zero-order valence-corrected chi connectivity index (χ0v) is 15.4. The molecule has 7 heteroatoms. The van der Waals surface area contributed by atoms with Gasteiger partial charge in [0.05, 0.1) is 18.6 Å². The second-order valence-electron chi connectivity index (χ2n) is 7.06. The highest BCUT2D eigenvalue weighted by Crippen LogP contribution is 2.33. The van der Waals surface area contributed by atoms with Crippen molar-refractivity contribution in [1.29, 1.82) is 0 Å². The summed E-state index contributed by atoms with van der Waals surface area (Å²) < 4.78 is 5.49. The number of carbonyl (C=O) groups is 2. The van der Waals surface area contributed by atoms with Gasteiger partial charge in [-0.1, -0.05) is 0 Å². The first kappa shape index (κ1) is 17.8. The van der Waals surface area contributed by atoms with E-state index in [1.54, 1.807) is 11.9 Å². The molecule has 0 radical (unpaired) electrons. The number of piperidine rings is 1. The van der Waals surface area contributed by atoms with Gasteiger partial charge >= 0.3 is 0 Å². The van der Waals surface area contributed by atoms with E-state index >= 15 is 0 Å². The van der Waals surface area contributed by atoms with Crippen molar-refractivity contribution in [3.05, 3.63) is 17.1 Å². The molecule has 0 spiro atoms. The van der Waals surface area contributed by atoms with E-state index in [1.165, 1.54) is 0 Å². The molecule has 2 aliphatic rings. The van der Waals surface area contributed by atoms with Crippen molar-refractivity contribution in [3.8, 4) is 0 Å². The molecule has 25 heavy (non-hydrogen) atoms. The topological polar surface area (TPSA) is 75.6 Å². The number of hydrogen-bond acceptors (Lipinski definition) is 5. The predicted molar refractivity (Wildman–Crippen MR) is 93.3 cm³/mol. The lowest BCUT2D eigenvalue weighted by molar-refractivity contribution is -0.141. The van der Waals surface area contributed by atoms with Crippen LogP contribution in [-0.2, 0) is 20.7 Å². The molecule has 7 nitrogen and oxygen atoms in total. The highest BCUT2D eigenvalue weighted by molar-refractivity contribution is 6.00. The molecule has 0 N–H and O–H groups in total. The molecule has 1 saturated heterocycles. The number of amides is 2. The average Bonchev–Trinajstić information content (AvgIpc) is 2.88. The first-order valence-corrected chi connectivity index (χ1v) is 8.93. The molecule has 2 aliphatic heterocycles. The van der Waals surface area contributed by atoms with E-state index in [2.05, 4.69) is 9.97 Å². The molecule has 136 valence electrons. The molecule has 1 atom stereocenters. The molecule has 1 aromatic heterocycles.